The molecule has 4 heteroatoms. The van der Waals surface area contributed by atoms with Gasteiger partial charge in [-0.05, 0) is 19.4 Å². The fourth-order valence-corrected chi connectivity index (χ4v) is 3.03. The Balaban J connectivity index is -0.00000104. The lowest BCUT2D eigenvalue weighted by Crippen LogP contribution is -2.27. The molecule has 0 aromatic heterocycles. The van der Waals surface area contributed by atoms with E-state index in [1.807, 2.05) is 14.1 Å². The summed E-state index contributed by atoms with van der Waals surface area (Å²) in [4.78, 5) is 13.4. The van der Waals surface area contributed by atoms with Crippen LogP contribution in [0.3, 0.4) is 0 Å². The number of hydrogen-bond acceptors (Lipinski definition) is 2. The number of amides is 1. The van der Waals surface area contributed by atoms with Crippen LogP contribution in [0.15, 0.2) is 0 Å². The van der Waals surface area contributed by atoms with Gasteiger partial charge in [-0.3, -0.25) is 4.79 Å². The minimum atomic E-state index is 0. The number of carbonyl (C=O) groups is 1. The summed E-state index contributed by atoms with van der Waals surface area (Å²) in [5.74, 6) is 0.474. The normalized spacial score (nSPS) is 11.2. The zero-order chi connectivity index (χ0) is 20.0. The van der Waals surface area contributed by atoms with Crippen LogP contribution in [0.2, 0.25) is 0 Å². The second-order valence-electron chi connectivity index (χ2n) is 7.95. The van der Waals surface area contributed by atoms with E-state index in [-0.39, 0.29) is 35.8 Å². The molecule has 0 saturated carbocycles. The van der Waals surface area contributed by atoms with Gasteiger partial charge in [0.2, 0.25) is 5.91 Å². The van der Waals surface area contributed by atoms with Gasteiger partial charge in [-0.2, -0.15) is 0 Å². The summed E-state index contributed by atoms with van der Waals surface area (Å²) < 4.78 is 0. The monoisotopic (exact) mass is 498 g/mol. The predicted molar refractivity (Wildman–Crippen MR) is 133 cm³/mol. The average molecular weight is 499 g/mol. The van der Waals surface area contributed by atoms with Gasteiger partial charge >= 0.3 is 0 Å². The Morgan fingerprint density at radius 3 is 1.37 bits per heavy atom. The first kappa shape index (κ1) is 31.8. The molecule has 1 atom stereocenters. The summed E-state index contributed by atoms with van der Waals surface area (Å²) in [5.41, 5.74) is 5.03. The molecule has 27 heavy (non-hydrogen) atoms. The summed E-state index contributed by atoms with van der Waals surface area (Å²) >= 11 is 0. The predicted octanol–water partition coefficient (Wildman–Crippen LogP) is 7.17. The molecule has 0 rings (SSSR count). The average Bonchev–Trinajstić information content (AvgIpc) is 2.64. The van der Waals surface area contributed by atoms with E-state index in [9.17, 15) is 4.79 Å². The van der Waals surface area contributed by atoms with Crippen molar-refractivity contribution in [1.82, 2.24) is 4.90 Å². The summed E-state index contributed by atoms with van der Waals surface area (Å²) in [7, 11) is 3.70. The van der Waals surface area contributed by atoms with Crippen LogP contribution < -0.4 is 5.73 Å². The fourth-order valence-electron chi connectivity index (χ4n) is 3.03. The Bertz CT molecular complexity index is 284. The Labute approximate surface area is 188 Å². The van der Waals surface area contributed by atoms with E-state index in [1.54, 1.807) is 4.90 Å². The summed E-state index contributed by atoms with van der Waals surface area (Å²) in [5, 5.41) is 0. The van der Waals surface area contributed by atoms with Gasteiger partial charge in [0.25, 0.3) is 0 Å². The second kappa shape index (κ2) is 26.2. The molecule has 0 aromatic rings. The van der Waals surface area contributed by atoms with E-state index >= 15 is 0 Å². The topological polar surface area (TPSA) is 46.3 Å². The van der Waals surface area contributed by atoms with E-state index in [1.165, 1.54) is 83.5 Å². The van der Waals surface area contributed by atoms with Gasteiger partial charge in [-0.1, -0.05) is 104 Å². The Kier molecular flexibility index (Phi) is 30.9. The van der Waals surface area contributed by atoms with Crippen LogP contribution in [0.5, 0.6) is 0 Å². The quantitative estimate of drug-likeness (QED) is 0.181. The van der Waals surface area contributed by atoms with Crippen LogP contribution in [-0.2, 0) is 4.79 Å². The first-order valence-corrected chi connectivity index (χ1v) is 11.4. The molecule has 0 saturated heterocycles. The smallest absolute Gasteiger partial charge is 0.224 e. The molecule has 1 amide bonds. The molecular formula is C23H51IN2O. The highest BCUT2D eigenvalue weighted by Gasteiger charge is 2.13. The van der Waals surface area contributed by atoms with Crippen LogP contribution in [0.4, 0.5) is 0 Å². The molecular weight excluding hydrogens is 447 g/mol. The molecule has 0 fully saturated rings. The van der Waals surface area contributed by atoms with Crippen LogP contribution in [0.1, 0.15) is 117 Å². The van der Waals surface area contributed by atoms with Gasteiger partial charge in [-0.15, -0.1) is 24.0 Å². The molecule has 0 aliphatic rings. The van der Waals surface area contributed by atoms with E-state index in [4.69, 9.17) is 5.73 Å². The summed E-state index contributed by atoms with van der Waals surface area (Å²) in [6.45, 7) is 7.21. The lowest BCUT2D eigenvalue weighted by atomic mass is 10.00. The summed E-state index contributed by atoms with van der Waals surface area (Å²) in [6, 6.07) is 0. The molecule has 0 heterocycles. The number of rotatable bonds is 16. The van der Waals surface area contributed by atoms with Gasteiger partial charge in [-0.25, -0.2) is 0 Å². The van der Waals surface area contributed by atoms with Crippen molar-refractivity contribution in [2.75, 3.05) is 20.6 Å². The minimum Gasteiger partial charge on any atom is -0.349 e. The highest BCUT2D eigenvalue weighted by atomic mass is 127. The number of carbonyl (C=O) groups excluding carboxylic acids is 1. The van der Waals surface area contributed by atoms with Crippen molar-refractivity contribution in [2.24, 2.45) is 11.7 Å². The first-order valence-electron chi connectivity index (χ1n) is 11.4. The Morgan fingerprint density at radius 2 is 1.07 bits per heavy atom. The number of unbranched alkanes of at least 4 members (excludes halogenated alkanes) is 12. The molecule has 2 N–H and O–H groups in total. The van der Waals surface area contributed by atoms with E-state index in [0.29, 0.717) is 0 Å². The highest BCUT2D eigenvalue weighted by Crippen LogP contribution is 2.15. The first-order chi connectivity index (χ1) is 12.5. The Morgan fingerprint density at radius 1 is 0.741 bits per heavy atom. The van der Waals surface area contributed by atoms with Crippen LogP contribution in [0, 0.1) is 5.92 Å². The number of halogens is 1. The highest BCUT2D eigenvalue weighted by molar-refractivity contribution is 14.0. The molecule has 0 bridgehead atoms. The van der Waals surface area contributed by atoms with Gasteiger partial charge in [0, 0.05) is 20.0 Å². The van der Waals surface area contributed by atoms with Crippen LogP contribution in [0.25, 0.3) is 0 Å². The second-order valence-corrected chi connectivity index (χ2v) is 7.95. The Hall–Kier alpha value is 0.160. The maximum atomic E-state index is 11.7. The molecule has 166 valence electrons. The van der Waals surface area contributed by atoms with E-state index in [2.05, 4.69) is 20.8 Å². The van der Waals surface area contributed by atoms with Gasteiger partial charge < -0.3 is 10.6 Å². The van der Waals surface area contributed by atoms with Crippen molar-refractivity contribution < 1.29 is 4.79 Å². The lowest BCUT2D eigenvalue weighted by molar-refractivity contribution is -0.132. The third-order valence-corrected chi connectivity index (χ3v) is 4.89. The van der Waals surface area contributed by atoms with Gasteiger partial charge in [0.15, 0.2) is 0 Å². The SMILES string of the molecule is CCCCCCCCCCCCCCCC(C)C(=O)N(C)C.CCCN.I. The molecule has 0 radical (unpaired) electrons. The maximum Gasteiger partial charge on any atom is 0.224 e. The van der Waals surface area contributed by atoms with Crippen molar-refractivity contribution in [3.8, 4) is 0 Å². The third kappa shape index (κ3) is 26.2. The van der Waals surface area contributed by atoms with Gasteiger partial charge in [0.05, 0.1) is 0 Å². The third-order valence-electron chi connectivity index (χ3n) is 4.89. The van der Waals surface area contributed by atoms with Crippen molar-refractivity contribution in [2.45, 2.75) is 117 Å². The number of nitrogens with zero attached hydrogens (tertiary/aromatic N) is 1. The largest absolute Gasteiger partial charge is 0.349 e. The van der Waals surface area contributed by atoms with Crippen molar-refractivity contribution in [3.05, 3.63) is 0 Å². The van der Waals surface area contributed by atoms with Crippen molar-refractivity contribution >= 4 is 29.9 Å². The molecule has 0 aliphatic heterocycles. The zero-order valence-electron chi connectivity index (χ0n) is 19.2. The zero-order valence-corrected chi connectivity index (χ0v) is 21.6. The lowest BCUT2D eigenvalue weighted by Gasteiger charge is -2.16. The molecule has 0 spiro atoms. The standard InChI is InChI=1S/C20H41NO.C3H9N.HI/c1-5-6-7-8-9-10-11-12-13-14-15-16-17-18-19(2)20(22)21(3)4;1-2-3-4;/h19H,5-18H2,1-4H3;2-4H2,1H3;1H. The van der Waals surface area contributed by atoms with E-state index < -0.39 is 0 Å². The summed E-state index contributed by atoms with van der Waals surface area (Å²) in [6.07, 6.45) is 20.2. The molecule has 0 aromatic carbocycles. The number of nitrogens with two attached hydrogens (primary N) is 1. The minimum absolute atomic E-state index is 0. The van der Waals surface area contributed by atoms with E-state index in [0.717, 1.165) is 19.4 Å². The van der Waals surface area contributed by atoms with Gasteiger partial charge in [0.1, 0.15) is 0 Å². The maximum absolute atomic E-state index is 11.7. The fraction of sp³-hybridized carbons (Fsp3) is 0.957. The van der Waals surface area contributed by atoms with Crippen molar-refractivity contribution in [1.29, 1.82) is 0 Å². The van der Waals surface area contributed by atoms with Crippen LogP contribution >= 0.6 is 24.0 Å². The molecule has 3 nitrogen and oxygen atoms in total. The number of hydrogen-bond donors (Lipinski definition) is 1. The van der Waals surface area contributed by atoms with Crippen LogP contribution in [-0.4, -0.2) is 31.4 Å². The van der Waals surface area contributed by atoms with Crippen molar-refractivity contribution in [3.63, 3.8) is 0 Å². The molecule has 0 aliphatic carbocycles. The molecule has 1 unspecified atom stereocenters.